The molecule has 0 aromatic heterocycles. The first-order chi connectivity index (χ1) is 36.8. The van der Waals surface area contributed by atoms with Crippen LogP contribution in [0, 0.1) is 23.7 Å². The smallest absolute Gasteiger partial charge is 0.338 e. The van der Waals surface area contributed by atoms with Crippen molar-refractivity contribution < 1.29 is 71.5 Å². The molecule has 0 unspecified atom stereocenters. The van der Waals surface area contributed by atoms with Crippen LogP contribution in [0.4, 0.5) is 0 Å². The zero-order chi connectivity index (χ0) is 53.5. The minimum atomic E-state index is -0.677. The third-order valence-corrected chi connectivity index (χ3v) is 16.3. The van der Waals surface area contributed by atoms with E-state index < -0.39 is 71.4 Å². The van der Waals surface area contributed by atoms with Crippen LogP contribution in [-0.2, 0) is 28.5 Å². The zero-order valence-electron chi connectivity index (χ0n) is 43.5. The van der Waals surface area contributed by atoms with Crippen LogP contribution in [-0.4, -0.2) is 78.9 Å². The first kappa shape index (κ1) is 53.7. The number of benzene rings is 4. The van der Waals surface area contributed by atoms with E-state index in [1.165, 1.54) is 49.6 Å². The number of hydrogen-bond acceptors (Lipinski definition) is 15. The topological polar surface area (TPSA) is 201 Å². The molecule has 9 rings (SSSR count). The summed E-state index contributed by atoms with van der Waals surface area (Å²) < 4.78 is 40.7. The van der Waals surface area contributed by atoms with Crippen LogP contribution in [0.3, 0.4) is 0 Å². The molecule has 15 nitrogen and oxygen atoms in total. The summed E-state index contributed by atoms with van der Waals surface area (Å²) >= 11 is 0. The first-order valence-electron chi connectivity index (χ1n) is 27.2. The molecule has 0 radical (unpaired) electrons. The second-order valence-corrected chi connectivity index (χ2v) is 21.0. The molecule has 0 spiro atoms. The first-order valence-corrected chi connectivity index (χ1v) is 27.2. The molecule has 0 atom stereocenters. The molecule has 0 bridgehead atoms. The Bertz CT molecular complexity index is 2820. The highest BCUT2D eigenvalue weighted by Crippen LogP contribution is 2.46. The number of ketones is 2. The summed E-state index contributed by atoms with van der Waals surface area (Å²) in [6.45, 7) is 4.36. The standard InChI is InChI=1S/C61H66O15/c1-4-35-10-26-43(27-11-35)71-56(64)37-14-18-39(19-15-37)58(66)73-45-30-22-41(23-31-45)60(68)75-49-34-50(70-3)55(52-51(49)53(62)47-8-6-7-9-48(47)54(52)63)76-61(69)42-24-32-46(33-25-42)74-59(67)40-20-16-38(17-21-40)57(65)72-44-28-12-36(5-2)13-29-44/h6-9,14-21,34-36,41-46H,4-5,10-13,22-33H2,1-3H3. The van der Waals surface area contributed by atoms with Gasteiger partial charge in [0, 0.05) is 17.2 Å². The minimum Gasteiger partial charge on any atom is -0.493 e. The Morgan fingerprint density at radius 2 is 0.750 bits per heavy atom. The average molecular weight is 1040 g/mol. The maximum atomic E-state index is 14.3. The van der Waals surface area contributed by atoms with Gasteiger partial charge in [0.2, 0.25) is 0 Å². The monoisotopic (exact) mass is 1040 g/mol. The van der Waals surface area contributed by atoms with Gasteiger partial charge < -0.3 is 33.2 Å². The molecule has 0 amide bonds. The fraction of sp³-hybridized carbons (Fsp3) is 0.475. The van der Waals surface area contributed by atoms with Crippen molar-refractivity contribution in [1.29, 1.82) is 0 Å². The summed E-state index contributed by atoms with van der Waals surface area (Å²) in [5.41, 5.74) is 0.929. The van der Waals surface area contributed by atoms with E-state index in [9.17, 15) is 38.4 Å². The second kappa shape index (κ2) is 24.2. The Labute approximate surface area is 442 Å². The molecule has 400 valence electrons. The third kappa shape index (κ3) is 12.2. The lowest BCUT2D eigenvalue weighted by molar-refractivity contribution is -0.142. The van der Waals surface area contributed by atoms with Crippen molar-refractivity contribution in [3.63, 3.8) is 0 Å². The molecule has 4 aromatic rings. The maximum Gasteiger partial charge on any atom is 0.338 e. The van der Waals surface area contributed by atoms with Gasteiger partial charge in [-0.05, 0) is 163 Å². The molecular formula is C61H66O15. The highest BCUT2D eigenvalue weighted by atomic mass is 16.6. The van der Waals surface area contributed by atoms with Crippen molar-refractivity contribution in [1.82, 2.24) is 0 Å². The van der Waals surface area contributed by atoms with Gasteiger partial charge in [-0.15, -0.1) is 0 Å². The fourth-order valence-electron chi connectivity index (χ4n) is 11.4. The Morgan fingerprint density at radius 3 is 1.09 bits per heavy atom. The highest BCUT2D eigenvalue weighted by Gasteiger charge is 2.41. The zero-order valence-corrected chi connectivity index (χ0v) is 43.5. The number of carbonyl (C=O) groups is 8. The predicted octanol–water partition coefficient (Wildman–Crippen LogP) is 11.4. The van der Waals surface area contributed by atoms with Crippen molar-refractivity contribution in [3.05, 3.63) is 123 Å². The molecule has 0 saturated heterocycles. The van der Waals surface area contributed by atoms with E-state index in [0.29, 0.717) is 74.3 Å². The van der Waals surface area contributed by atoms with Crippen LogP contribution < -0.4 is 14.2 Å². The van der Waals surface area contributed by atoms with Crippen LogP contribution in [0.25, 0.3) is 0 Å². The molecular weight excluding hydrogens is 973 g/mol. The lowest BCUT2D eigenvalue weighted by Crippen LogP contribution is -2.32. The number of esters is 6. The number of fused-ring (bicyclic) bond motifs is 2. The number of carbonyl (C=O) groups excluding carboxylic acids is 8. The Balaban J connectivity index is 0.794. The molecule has 0 aliphatic heterocycles. The number of hydrogen-bond donors (Lipinski definition) is 0. The molecule has 76 heavy (non-hydrogen) atoms. The van der Waals surface area contributed by atoms with E-state index in [4.69, 9.17) is 33.2 Å². The van der Waals surface area contributed by atoms with Gasteiger partial charge in [0.05, 0.1) is 52.3 Å². The lowest BCUT2D eigenvalue weighted by atomic mass is 9.82. The van der Waals surface area contributed by atoms with E-state index in [1.54, 1.807) is 36.4 Å². The molecule has 4 fully saturated rings. The summed E-state index contributed by atoms with van der Waals surface area (Å²) in [4.78, 5) is 108. The number of ether oxygens (including phenoxy) is 7. The molecule has 4 saturated carbocycles. The average Bonchev–Trinajstić information content (AvgIpc) is 3.49. The third-order valence-electron chi connectivity index (χ3n) is 16.3. The van der Waals surface area contributed by atoms with E-state index >= 15 is 0 Å². The summed E-state index contributed by atoms with van der Waals surface area (Å²) in [5.74, 6) is -5.06. The van der Waals surface area contributed by atoms with Gasteiger partial charge in [-0.3, -0.25) is 19.2 Å². The highest BCUT2D eigenvalue weighted by molar-refractivity contribution is 6.30. The molecule has 4 aromatic carbocycles. The Morgan fingerprint density at radius 1 is 0.421 bits per heavy atom. The van der Waals surface area contributed by atoms with Crippen molar-refractivity contribution in [2.75, 3.05) is 7.11 Å². The lowest BCUT2D eigenvalue weighted by Gasteiger charge is -2.29. The van der Waals surface area contributed by atoms with E-state index in [2.05, 4.69) is 13.8 Å². The van der Waals surface area contributed by atoms with Crippen molar-refractivity contribution >= 4 is 47.4 Å². The number of methoxy groups -OCH3 is 1. The fourth-order valence-corrected chi connectivity index (χ4v) is 11.4. The molecule has 0 N–H and O–H groups in total. The SMILES string of the molecule is CCC1CCC(OC(=O)c2ccc(C(=O)OC3CCC(C(=O)Oc4cc(OC)c(OC(=O)C5CCC(OC(=O)c6ccc(C(=O)OC7CCC(CC)CC7)cc6)CC5)c5c4C(=O)c4ccccc4C5=O)CC3)cc2)CC1. The molecule has 5 aliphatic rings. The van der Waals surface area contributed by atoms with E-state index in [0.717, 1.165) is 64.2 Å². The van der Waals surface area contributed by atoms with Crippen molar-refractivity contribution in [2.45, 2.75) is 154 Å². The summed E-state index contributed by atoms with van der Waals surface area (Å²) in [6.07, 6.45) is 11.3. The van der Waals surface area contributed by atoms with Gasteiger partial charge in [-0.2, -0.15) is 0 Å². The van der Waals surface area contributed by atoms with Gasteiger partial charge in [0.1, 0.15) is 30.2 Å². The Kier molecular flexibility index (Phi) is 17.1. The minimum absolute atomic E-state index is 0.0790. The quantitative estimate of drug-likeness (QED) is 0.0544. The van der Waals surface area contributed by atoms with Crippen LogP contribution in [0.5, 0.6) is 17.2 Å². The van der Waals surface area contributed by atoms with Crippen LogP contribution in [0.2, 0.25) is 0 Å². The molecule has 0 heterocycles. The van der Waals surface area contributed by atoms with Gasteiger partial charge in [0.25, 0.3) is 0 Å². The van der Waals surface area contributed by atoms with Crippen LogP contribution in [0.1, 0.15) is 203 Å². The van der Waals surface area contributed by atoms with Crippen molar-refractivity contribution in [3.8, 4) is 17.2 Å². The molecule has 5 aliphatic carbocycles. The predicted molar refractivity (Wildman–Crippen MR) is 276 cm³/mol. The summed E-state index contributed by atoms with van der Waals surface area (Å²) in [6, 6.07) is 19.9. The van der Waals surface area contributed by atoms with E-state index in [-0.39, 0.29) is 62.8 Å². The normalized spacial score (nSPS) is 24.1. The second-order valence-electron chi connectivity index (χ2n) is 21.0. The molecule has 15 heteroatoms. The van der Waals surface area contributed by atoms with Gasteiger partial charge >= 0.3 is 35.8 Å². The summed E-state index contributed by atoms with van der Waals surface area (Å²) in [5, 5.41) is 0. The maximum absolute atomic E-state index is 14.3. The van der Waals surface area contributed by atoms with Gasteiger partial charge in [-0.1, -0.05) is 51.0 Å². The largest absolute Gasteiger partial charge is 0.493 e. The van der Waals surface area contributed by atoms with Crippen LogP contribution >= 0.6 is 0 Å². The number of rotatable bonds is 15. The Hall–Kier alpha value is -7.16. The summed E-state index contributed by atoms with van der Waals surface area (Å²) in [7, 11) is 1.30. The van der Waals surface area contributed by atoms with Crippen molar-refractivity contribution in [2.24, 2.45) is 23.7 Å². The van der Waals surface area contributed by atoms with Gasteiger partial charge in [0.15, 0.2) is 23.1 Å². The van der Waals surface area contributed by atoms with E-state index in [1.807, 2.05) is 0 Å². The van der Waals surface area contributed by atoms with Gasteiger partial charge in [-0.25, -0.2) is 19.2 Å². The van der Waals surface area contributed by atoms with Crippen LogP contribution in [0.15, 0.2) is 78.9 Å².